The number of aromatic nitrogens is 1. The molecular weight excluding hydrogens is 156 g/mol. The van der Waals surface area contributed by atoms with Crippen molar-refractivity contribution >= 4 is 0 Å². The van der Waals surface area contributed by atoms with E-state index in [1.165, 1.54) is 0 Å². The molecule has 0 radical (unpaired) electrons. The van der Waals surface area contributed by atoms with Gasteiger partial charge in [-0.3, -0.25) is 4.98 Å². The van der Waals surface area contributed by atoms with E-state index in [2.05, 4.69) is 4.98 Å². The normalized spacial score (nSPS) is 21.2. The molecule has 0 fully saturated rings. The van der Waals surface area contributed by atoms with Crippen molar-refractivity contribution in [1.29, 1.82) is 0 Å². The number of nitrogens with one attached hydrogen (secondary N) is 1. The second-order valence-electron chi connectivity index (χ2n) is 3.16. The van der Waals surface area contributed by atoms with Crippen molar-refractivity contribution in [2.24, 2.45) is 5.73 Å². The molecule has 0 saturated heterocycles. The molecule has 1 aromatic heterocycles. The number of fused-ring (bicyclic) bond motifs is 1. The fourth-order valence-electron chi connectivity index (χ4n) is 1.83. The molecule has 0 aromatic carbocycles. The van der Waals surface area contributed by atoms with E-state index in [9.17, 15) is 4.79 Å². The maximum atomic E-state index is 10.8. The Morgan fingerprint density at radius 3 is 3.25 bits per heavy atom. The van der Waals surface area contributed by atoms with Gasteiger partial charge in [0.25, 0.3) is 0 Å². The van der Waals surface area contributed by atoms with Crippen LogP contribution in [0.5, 0.6) is 0 Å². The second-order valence-corrected chi connectivity index (χ2v) is 3.16. The van der Waals surface area contributed by atoms with Crippen LogP contribution in [0.15, 0.2) is 9.21 Å². The Kier molecular flexibility index (Phi) is 1.77. The van der Waals surface area contributed by atoms with Crippen molar-refractivity contribution in [2.75, 3.05) is 6.54 Å². The fourth-order valence-corrected chi connectivity index (χ4v) is 1.83. The standard InChI is InChI=1S/C8H12N2O2/c9-4-3-5-1-2-6-7(5)10-8(11)12-6/h5H,1-4,9H2,(H,10,11). The minimum absolute atomic E-state index is 0.332. The molecule has 1 aliphatic rings. The first-order valence-electron chi connectivity index (χ1n) is 4.23. The van der Waals surface area contributed by atoms with E-state index in [0.717, 1.165) is 30.7 Å². The highest BCUT2D eigenvalue weighted by molar-refractivity contribution is 5.19. The fraction of sp³-hybridized carbons (Fsp3) is 0.625. The molecular formula is C8H12N2O2. The number of H-pyrrole nitrogens is 1. The van der Waals surface area contributed by atoms with E-state index < -0.39 is 0 Å². The van der Waals surface area contributed by atoms with E-state index >= 15 is 0 Å². The maximum absolute atomic E-state index is 10.8. The lowest BCUT2D eigenvalue weighted by molar-refractivity contribution is 0.467. The third kappa shape index (κ3) is 1.08. The number of hydrogen-bond donors (Lipinski definition) is 2. The topological polar surface area (TPSA) is 72.0 Å². The molecule has 0 amide bonds. The summed E-state index contributed by atoms with van der Waals surface area (Å²) in [6.45, 7) is 0.664. The Morgan fingerprint density at radius 2 is 2.50 bits per heavy atom. The molecule has 0 bridgehead atoms. The predicted octanol–water partition coefficient (Wildman–Crippen LogP) is 0.347. The van der Waals surface area contributed by atoms with Crippen LogP contribution in [0.25, 0.3) is 0 Å². The van der Waals surface area contributed by atoms with E-state index in [1.54, 1.807) is 0 Å². The summed E-state index contributed by atoms with van der Waals surface area (Å²) in [5, 5.41) is 0. The molecule has 1 unspecified atom stereocenters. The van der Waals surface area contributed by atoms with Crippen LogP contribution in [-0.2, 0) is 6.42 Å². The number of aryl methyl sites for hydroxylation is 1. The van der Waals surface area contributed by atoms with Crippen LogP contribution in [0.1, 0.15) is 30.2 Å². The van der Waals surface area contributed by atoms with Crippen LogP contribution in [0.3, 0.4) is 0 Å². The van der Waals surface area contributed by atoms with Gasteiger partial charge in [0, 0.05) is 12.3 Å². The van der Waals surface area contributed by atoms with Gasteiger partial charge < -0.3 is 10.2 Å². The summed E-state index contributed by atoms with van der Waals surface area (Å²) in [5.41, 5.74) is 6.43. The minimum Gasteiger partial charge on any atom is -0.413 e. The quantitative estimate of drug-likeness (QED) is 0.669. The summed E-state index contributed by atoms with van der Waals surface area (Å²) in [4.78, 5) is 13.5. The molecule has 0 spiro atoms. The summed E-state index contributed by atoms with van der Waals surface area (Å²) in [6.07, 6.45) is 2.86. The summed E-state index contributed by atoms with van der Waals surface area (Å²) in [7, 11) is 0. The SMILES string of the molecule is NCCC1CCc2oc(=O)[nH]c21. The average Bonchev–Trinajstić information content (AvgIpc) is 2.52. The van der Waals surface area contributed by atoms with Crippen LogP contribution >= 0.6 is 0 Å². The zero-order chi connectivity index (χ0) is 8.55. The number of oxazole rings is 1. The van der Waals surface area contributed by atoms with E-state index in [-0.39, 0.29) is 5.76 Å². The maximum Gasteiger partial charge on any atom is 0.416 e. The number of nitrogens with two attached hydrogens (primary N) is 1. The van der Waals surface area contributed by atoms with Gasteiger partial charge in [-0.2, -0.15) is 0 Å². The molecule has 0 aliphatic heterocycles. The van der Waals surface area contributed by atoms with E-state index in [1.807, 2.05) is 0 Å². The smallest absolute Gasteiger partial charge is 0.413 e. The van der Waals surface area contributed by atoms with Gasteiger partial charge in [-0.1, -0.05) is 0 Å². The van der Waals surface area contributed by atoms with E-state index in [4.69, 9.17) is 10.2 Å². The van der Waals surface area contributed by atoms with Crippen LogP contribution in [0.4, 0.5) is 0 Å². The highest BCUT2D eigenvalue weighted by atomic mass is 16.4. The first-order valence-corrected chi connectivity index (χ1v) is 4.23. The minimum atomic E-state index is -0.332. The summed E-state index contributed by atoms with van der Waals surface area (Å²) >= 11 is 0. The Hall–Kier alpha value is -1.03. The Morgan fingerprint density at radius 1 is 1.67 bits per heavy atom. The highest BCUT2D eigenvalue weighted by Crippen LogP contribution is 2.32. The number of hydrogen-bond acceptors (Lipinski definition) is 3. The van der Waals surface area contributed by atoms with Gasteiger partial charge in [-0.05, 0) is 19.4 Å². The van der Waals surface area contributed by atoms with Crippen molar-refractivity contribution in [1.82, 2.24) is 4.98 Å². The third-order valence-corrected chi connectivity index (χ3v) is 2.40. The molecule has 4 nitrogen and oxygen atoms in total. The van der Waals surface area contributed by atoms with Crippen molar-refractivity contribution in [3.05, 3.63) is 22.0 Å². The summed E-state index contributed by atoms with van der Waals surface area (Å²) in [6, 6.07) is 0. The van der Waals surface area contributed by atoms with Gasteiger partial charge in [-0.25, -0.2) is 4.79 Å². The third-order valence-electron chi connectivity index (χ3n) is 2.40. The Bertz CT molecular complexity index is 326. The highest BCUT2D eigenvalue weighted by Gasteiger charge is 2.26. The van der Waals surface area contributed by atoms with Gasteiger partial charge >= 0.3 is 5.76 Å². The average molecular weight is 168 g/mol. The van der Waals surface area contributed by atoms with Gasteiger partial charge in [-0.15, -0.1) is 0 Å². The van der Waals surface area contributed by atoms with Crippen LogP contribution < -0.4 is 11.5 Å². The second kappa shape index (κ2) is 2.79. The Balaban J connectivity index is 2.28. The summed E-state index contributed by atoms with van der Waals surface area (Å²) < 4.78 is 4.95. The zero-order valence-electron chi connectivity index (χ0n) is 6.80. The van der Waals surface area contributed by atoms with E-state index in [0.29, 0.717) is 12.5 Å². The molecule has 66 valence electrons. The van der Waals surface area contributed by atoms with Crippen LogP contribution in [-0.4, -0.2) is 11.5 Å². The van der Waals surface area contributed by atoms with Gasteiger partial charge in [0.15, 0.2) is 0 Å². The number of rotatable bonds is 2. The monoisotopic (exact) mass is 168 g/mol. The lowest BCUT2D eigenvalue weighted by Gasteiger charge is -2.04. The lowest BCUT2D eigenvalue weighted by Crippen LogP contribution is -2.07. The van der Waals surface area contributed by atoms with Gasteiger partial charge in [0.1, 0.15) is 5.76 Å². The summed E-state index contributed by atoms with van der Waals surface area (Å²) in [5.74, 6) is 0.914. The van der Waals surface area contributed by atoms with Crippen molar-refractivity contribution in [3.63, 3.8) is 0 Å². The zero-order valence-corrected chi connectivity index (χ0v) is 6.80. The molecule has 12 heavy (non-hydrogen) atoms. The lowest BCUT2D eigenvalue weighted by atomic mass is 10.0. The van der Waals surface area contributed by atoms with Crippen molar-refractivity contribution < 1.29 is 4.42 Å². The van der Waals surface area contributed by atoms with Crippen molar-refractivity contribution in [3.8, 4) is 0 Å². The molecule has 1 aromatic rings. The number of aromatic amines is 1. The molecule has 1 heterocycles. The molecule has 2 rings (SSSR count). The van der Waals surface area contributed by atoms with Crippen LogP contribution in [0.2, 0.25) is 0 Å². The van der Waals surface area contributed by atoms with Gasteiger partial charge in [0.05, 0.1) is 5.69 Å². The van der Waals surface area contributed by atoms with Gasteiger partial charge in [0.2, 0.25) is 0 Å². The first-order chi connectivity index (χ1) is 5.81. The predicted molar refractivity (Wildman–Crippen MR) is 44.1 cm³/mol. The molecule has 1 atom stereocenters. The van der Waals surface area contributed by atoms with Crippen molar-refractivity contribution in [2.45, 2.75) is 25.2 Å². The Labute approximate surface area is 69.8 Å². The first kappa shape index (κ1) is 7.61. The largest absolute Gasteiger partial charge is 0.416 e. The van der Waals surface area contributed by atoms with Crippen LogP contribution in [0, 0.1) is 0 Å². The molecule has 3 N–H and O–H groups in total. The molecule has 0 saturated carbocycles. The molecule has 1 aliphatic carbocycles. The molecule has 4 heteroatoms.